The van der Waals surface area contributed by atoms with Crippen molar-refractivity contribution in [1.82, 2.24) is 10.7 Å². The lowest BCUT2D eigenvalue weighted by atomic mass is 9.93. The van der Waals surface area contributed by atoms with E-state index in [2.05, 4.69) is 21.9 Å². The van der Waals surface area contributed by atoms with Crippen LogP contribution in [-0.4, -0.2) is 17.5 Å². The molecule has 0 radical (unpaired) electrons. The summed E-state index contributed by atoms with van der Waals surface area (Å²) in [7, 11) is 0. The molecule has 4 aromatic rings. The average Bonchev–Trinajstić information content (AvgIpc) is 3.43. The molecule has 2 aromatic heterocycles. The molecule has 1 aliphatic rings. The summed E-state index contributed by atoms with van der Waals surface area (Å²) < 4.78 is 11.6. The molecule has 0 spiro atoms. The van der Waals surface area contributed by atoms with Gasteiger partial charge in [-0.1, -0.05) is 35.9 Å². The summed E-state index contributed by atoms with van der Waals surface area (Å²) in [6, 6.07) is 11.4. The highest BCUT2D eigenvalue weighted by atomic mass is 35.5. The fourth-order valence-corrected chi connectivity index (χ4v) is 5.20. The van der Waals surface area contributed by atoms with E-state index in [1.807, 2.05) is 45.0 Å². The van der Waals surface area contributed by atoms with Crippen LogP contribution in [0.1, 0.15) is 62.5 Å². The number of aryl methyl sites for hydroxylation is 3. The lowest BCUT2D eigenvalue weighted by molar-refractivity contribution is -0.120. The van der Waals surface area contributed by atoms with Crippen LogP contribution in [0.25, 0.3) is 11.0 Å². The van der Waals surface area contributed by atoms with Crippen molar-refractivity contribution >= 4 is 40.1 Å². The van der Waals surface area contributed by atoms with Crippen molar-refractivity contribution in [3.63, 3.8) is 0 Å². The van der Waals surface area contributed by atoms with Gasteiger partial charge in [-0.25, -0.2) is 5.43 Å². The van der Waals surface area contributed by atoms with Gasteiger partial charge in [-0.3, -0.25) is 9.59 Å². The van der Waals surface area contributed by atoms with Crippen LogP contribution in [0.2, 0.25) is 5.02 Å². The van der Waals surface area contributed by atoms with Crippen molar-refractivity contribution < 1.29 is 18.4 Å². The standard InChI is InChI=1S/C29H28ClN3O4/c1-16-11-17(2)26-20(15-36-24(26)12-16)13-25(34)33-32-22-9-6-10-23-27(22)18(3)28(37-23)29(35)31-14-19-7-4-5-8-21(19)30/h4-5,7-8,11-12,15H,6,9-10,13-14H2,1-3H3,(H,31,35)(H,33,34)/b32-22+. The van der Waals surface area contributed by atoms with Crippen LogP contribution in [0.3, 0.4) is 0 Å². The normalized spacial score (nSPS) is 14.1. The van der Waals surface area contributed by atoms with E-state index < -0.39 is 0 Å². The van der Waals surface area contributed by atoms with Gasteiger partial charge in [0.2, 0.25) is 5.91 Å². The summed E-state index contributed by atoms with van der Waals surface area (Å²) in [4.78, 5) is 25.7. The minimum Gasteiger partial charge on any atom is -0.464 e. The van der Waals surface area contributed by atoms with Gasteiger partial charge >= 0.3 is 0 Å². The third kappa shape index (κ3) is 5.04. The molecular weight excluding hydrogens is 490 g/mol. The zero-order chi connectivity index (χ0) is 26.1. The van der Waals surface area contributed by atoms with Gasteiger partial charge in [0.25, 0.3) is 5.91 Å². The molecule has 0 aliphatic heterocycles. The van der Waals surface area contributed by atoms with E-state index in [0.29, 0.717) is 41.4 Å². The molecule has 8 heteroatoms. The van der Waals surface area contributed by atoms with Gasteiger partial charge in [0.15, 0.2) is 5.76 Å². The Labute approximate surface area is 219 Å². The molecule has 2 N–H and O–H groups in total. The molecule has 0 fully saturated rings. The van der Waals surface area contributed by atoms with E-state index in [4.69, 9.17) is 20.4 Å². The molecule has 7 nitrogen and oxygen atoms in total. The van der Waals surface area contributed by atoms with Crippen molar-refractivity contribution in [2.24, 2.45) is 5.10 Å². The topological polar surface area (TPSA) is 96.8 Å². The second kappa shape index (κ2) is 10.3. The van der Waals surface area contributed by atoms with E-state index in [0.717, 1.165) is 45.2 Å². The highest BCUT2D eigenvalue weighted by molar-refractivity contribution is 6.31. The molecule has 0 saturated heterocycles. The Morgan fingerprint density at radius 1 is 1.08 bits per heavy atom. The highest BCUT2D eigenvalue weighted by Gasteiger charge is 2.28. The number of furan rings is 2. The number of nitrogens with zero attached hydrogens (tertiary/aromatic N) is 1. The zero-order valence-electron chi connectivity index (χ0n) is 21.0. The number of hydrogen-bond donors (Lipinski definition) is 2. The molecule has 2 amide bonds. The van der Waals surface area contributed by atoms with E-state index in [-0.39, 0.29) is 24.0 Å². The van der Waals surface area contributed by atoms with Gasteiger partial charge in [-0.15, -0.1) is 0 Å². The number of nitrogens with one attached hydrogen (secondary N) is 2. The maximum Gasteiger partial charge on any atom is 0.287 e. The number of amides is 2. The minimum absolute atomic E-state index is 0.153. The van der Waals surface area contributed by atoms with Gasteiger partial charge in [0, 0.05) is 40.1 Å². The van der Waals surface area contributed by atoms with Crippen LogP contribution in [0, 0.1) is 20.8 Å². The van der Waals surface area contributed by atoms with Crippen LogP contribution in [0.5, 0.6) is 0 Å². The summed E-state index contributed by atoms with van der Waals surface area (Å²) in [5, 5.41) is 8.88. The van der Waals surface area contributed by atoms with Crippen LogP contribution in [0.4, 0.5) is 0 Å². The number of benzene rings is 2. The molecule has 2 aromatic carbocycles. The third-order valence-corrected chi connectivity index (χ3v) is 7.06. The van der Waals surface area contributed by atoms with Crippen molar-refractivity contribution in [3.8, 4) is 0 Å². The average molecular weight is 518 g/mol. The summed E-state index contributed by atoms with van der Waals surface area (Å²) >= 11 is 6.20. The Kier molecular flexibility index (Phi) is 6.89. The molecule has 2 heterocycles. The van der Waals surface area contributed by atoms with Gasteiger partial charge in [0.1, 0.15) is 11.3 Å². The summed E-state index contributed by atoms with van der Waals surface area (Å²) in [6.45, 7) is 6.17. The predicted molar refractivity (Wildman–Crippen MR) is 143 cm³/mol. The number of hydrogen-bond acceptors (Lipinski definition) is 5. The molecule has 0 bridgehead atoms. The lowest BCUT2D eigenvalue weighted by Gasteiger charge is -2.13. The van der Waals surface area contributed by atoms with Gasteiger partial charge in [-0.2, -0.15) is 5.10 Å². The summed E-state index contributed by atoms with van der Waals surface area (Å²) in [5.74, 6) is 0.425. The molecule has 5 rings (SSSR count). The van der Waals surface area contributed by atoms with E-state index in [1.165, 1.54) is 0 Å². The van der Waals surface area contributed by atoms with E-state index >= 15 is 0 Å². The minimum atomic E-state index is -0.312. The second-order valence-corrected chi connectivity index (χ2v) is 9.88. The van der Waals surface area contributed by atoms with Crippen LogP contribution < -0.4 is 10.7 Å². The molecule has 37 heavy (non-hydrogen) atoms. The second-order valence-electron chi connectivity index (χ2n) is 9.47. The molecule has 0 atom stereocenters. The number of halogens is 1. The number of carbonyl (C=O) groups is 2. The first-order valence-corrected chi connectivity index (χ1v) is 12.7. The van der Waals surface area contributed by atoms with Crippen molar-refractivity contribution in [2.45, 2.75) is 53.0 Å². The Morgan fingerprint density at radius 2 is 1.89 bits per heavy atom. The third-order valence-electron chi connectivity index (χ3n) is 6.69. The number of carbonyl (C=O) groups excluding carboxylic acids is 2. The van der Waals surface area contributed by atoms with E-state index in [1.54, 1.807) is 12.3 Å². The van der Waals surface area contributed by atoms with Gasteiger partial charge in [-0.05, 0) is 62.4 Å². The molecule has 0 saturated carbocycles. The molecular formula is C29H28ClN3O4. The smallest absolute Gasteiger partial charge is 0.287 e. The van der Waals surface area contributed by atoms with Crippen LogP contribution >= 0.6 is 11.6 Å². The van der Waals surface area contributed by atoms with Crippen LogP contribution in [0.15, 0.2) is 56.6 Å². The Morgan fingerprint density at radius 3 is 2.70 bits per heavy atom. The summed E-state index contributed by atoms with van der Waals surface area (Å²) in [6.07, 6.45) is 4.00. The number of hydrazone groups is 1. The Balaban J connectivity index is 1.30. The largest absolute Gasteiger partial charge is 0.464 e. The van der Waals surface area contributed by atoms with Gasteiger partial charge in [0.05, 0.1) is 18.4 Å². The number of fused-ring (bicyclic) bond motifs is 2. The maximum absolute atomic E-state index is 12.9. The quantitative estimate of drug-likeness (QED) is 0.309. The Bertz CT molecular complexity index is 1550. The first-order valence-electron chi connectivity index (χ1n) is 12.3. The zero-order valence-corrected chi connectivity index (χ0v) is 21.8. The van der Waals surface area contributed by atoms with Crippen molar-refractivity contribution in [2.75, 3.05) is 0 Å². The molecule has 1 aliphatic carbocycles. The van der Waals surface area contributed by atoms with Gasteiger partial charge < -0.3 is 14.2 Å². The van der Waals surface area contributed by atoms with Crippen molar-refractivity contribution in [1.29, 1.82) is 0 Å². The SMILES string of the molecule is Cc1cc(C)c2c(CC(=O)N/N=C3\CCCc4oc(C(=O)NCc5ccccc5Cl)c(C)c43)coc2c1. The first-order chi connectivity index (χ1) is 17.8. The van der Waals surface area contributed by atoms with Crippen molar-refractivity contribution in [3.05, 3.63) is 92.6 Å². The van der Waals surface area contributed by atoms with E-state index in [9.17, 15) is 9.59 Å². The highest BCUT2D eigenvalue weighted by Crippen LogP contribution is 2.30. The molecule has 190 valence electrons. The summed E-state index contributed by atoms with van der Waals surface area (Å²) in [5.41, 5.74) is 9.54. The number of rotatable bonds is 6. The maximum atomic E-state index is 12.9. The Hall–Kier alpha value is -3.84. The first kappa shape index (κ1) is 24.8. The lowest BCUT2D eigenvalue weighted by Crippen LogP contribution is -2.24. The fourth-order valence-electron chi connectivity index (χ4n) is 4.99. The van der Waals surface area contributed by atoms with Crippen LogP contribution in [-0.2, 0) is 24.2 Å². The monoisotopic (exact) mass is 517 g/mol. The predicted octanol–water partition coefficient (Wildman–Crippen LogP) is 5.93. The fraction of sp³-hybridized carbons (Fsp3) is 0.276. The molecule has 0 unspecified atom stereocenters.